The highest BCUT2D eigenvalue weighted by molar-refractivity contribution is 7.89. The van der Waals surface area contributed by atoms with Gasteiger partial charge in [-0.05, 0) is 24.6 Å². The number of benzene rings is 1. The Morgan fingerprint density at radius 1 is 1.36 bits per heavy atom. The van der Waals surface area contributed by atoms with Crippen LogP contribution in [0.5, 0.6) is 0 Å². The molecular formula is C16H18N2O6S. The zero-order valence-corrected chi connectivity index (χ0v) is 14.3. The van der Waals surface area contributed by atoms with E-state index in [2.05, 4.69) is 11.3 Å². The zero-order valence-electron chi connectivity index (χ0n) is 13.4. The monoisotopic (exact) mass is 366 g/mol. The van der Waals surface area contributed by atoms with Crippen molar-refractivity contribution in [2.24, 2.45) is 0 Å². The highest BCUT2D eigenvalue weighted by Gasteiger charge is 2.27. The smallest absolute Gasteiger partial charge is 0.338 e. The number of rotatable bonds is 7. The molecule has 0 bridgehead atoms. The standard InChI is InChI=1S/C16H18N2O6S/c1-2-8-17-25(22,23)13-6-3-5-12(10-13)16(21)24-11-15(20)18-9-4-7-14(18)19/h2-3,5-6,10,17H,1,4,7-9,11H2. The molecule has 1 heterocycles. The number of hydrogen-bond donors (Lipinski definition) is 1. The number of likely N-dealkylation sites (tertiary alicyclic amines) is 1. The minimum atomic E-state index is -3.78. The predicted octanol–water partition coefficient (Wildman–Crippen LogP) is 0.457. The third-order valence-corrected chi connectivity index (χ3v) is 4.92. The molecule has 25 heavy (non-hydrogen) atoms. The summed E-state index contributed by atoms with van der Waals surface area (Å²) >= 11 is 0. The summed E-state index contributed by atoms with van der Waals surface area (Å²) in [7, 11) is -3.78. The van der Waals surface area contributed by atoms with Crippen molar-refractivity contribution >= 4 is 27.8 Å². The van der Waals surface area contributed by atoms with E-state index in [9.17, 15) is 22.8 Å². The highest BCUT2D eigenvalue weighted by atomic mass is 32.2. The fourth-order valence-corrected chi connectivity index (χ4v) is 3.29. The number of hydrogen-bond acceptors (Lipinski definition) is 6. The molecule has 2 amide bonds. The first-order valence-corrected chi connectivity index (χ1v) is 9.04. The van der Waals surface area contributed by atoms with E-state index in [-0.39, 0.29) is 22.9 Å². The Balaban J connectivity index is 2.02. The Labute approximate surface area is 145 Å². The van der Waals surface area contributed by atoms with E-state index in [1.54, 1.807) is 0 Å². The van der Waals surface area contributed by atoms with Crippen LogP contribution in [0.2, 0.25) is 0 Å². The van der Waals surface area contributed by atoms with Gasteiger partial charge in [-0.25, -0.2) is 17.9 Å². The molecule has 0 radical (unpaired) electrons. The number of nitrogens with one attached hydrogen (secondary N) is 1. The Hall–Kier alpha value is -2.52. The van der Waals surface area contributed by atoms with E-state index in [1.165, 1.54) is 24.3 Å². The number of amides is 2. The lowest BCUT2D eigenvalue weighted by molar-refractivity contribution is -0.143. The molecule has 0 aliphatic carbocycles. The van der Waals surface area contributed by atoms with E-state index >= 15 is 0 Å². The number of ether oxygens (including phenoxy) is 1. The SMILES string of the molecule is C=CCNS(=O)(=O)c1cccc(C(=O)OCC(=O)N2CCCC2=O)c1. The summed E-state index contributed by atoms with van der Waals surface area (Å²) in [6, 6.07) is 5.25. The Bertz CT molecular complexity index is 803. The molecule has 0 spiro atoms. The van der Waals surface area contributed by atoms with Crippen molar-refractivity contribution in [1.82, 2.24) is 9.62 Å². The topological polar surface area (TPSA) is 110 Å². The Morgan fingerprint density at radius 3 is 2.76 bits per heavy atom. The largest absolute Gasteiger partial charge is 0.452 e. The van der Waals surface area contributed by atoms with Crippen LogP contribution in [0.1, 0.15) is 23.2 Å². The minimum Gasteiger partial charge on any atom is -0.452 e. The van der Waals surface area contributed by atoms with Gasteiger partial charge in [-0.3, -0.25) is 14.5 Å². The number of nitrogens with zero attached hydrogens (tertiary/aromatic N) is 1. The maximum Gasteiger partial charge on any atom is 0.338 e. The summed E-state index contributed by atoms with van der Waals surface area (Å²) in [5, 5.41) is 0. The Kier molecular flexibility index (Phi) is 6.05. The second kappa shape index (κ2) is 8.04. The fraction of sp³-hybridized carbons (Fsp3) is 0.312. The van der Waals surface area contributed by atoms with E-state index in [0.717, 1.165) is 11.0 Å². The van der Waals surface area contributed by atoms with Gasteiger partial charge < -0.3 is 4.74 Å². The minimum absolute atomic E-state index is 0.0120. The van der Waals surface area contributed by atoms with Crippen LogP contribution >= 0.6 is 0 Å². The van der Waals surface area contributed by atoms with Crippen LogP contribution in [0.25, 0.3) is 0 Å². The number of esters is 1. The van der Waals surface area contributed by atoms with Gasteiger partial charge in [0, 0.05) is 19.5 Å². The molecule has 1 aromatic rings. The van der Waals surface area contributed by atoms with Gasteiger partial charge in [-0.1, -0.05) is 12.1 Å². The van der Waals surface area contributed by atoms with Gasteiger partial charge in [0.25, 0.3) is 5.91 Å². The maximum absolute atomic E-state index is 12.0. The van der Waals surface area contributed by atoms with Gasteiger partial charge in [0.1, 0.15) is 0 Å². The molecule has 0 saturated carbocycles. The van der Waals surface area contributed by atoms with Crippen molar-refractivity contribution in [2.75, 3.05) is 19.7 Å². The van der Waals surface area contributed by atoms with Crippen LogP contribution < -0.4 is 4.72 Å². The summed E-state index contributed by atoms with van der Waals surface area (Å²) in [5.74, 6) is -1.73. The van der Waals surface area contributed by atoms with E-state index in [4.69, 9.17) is 4.74 Å². The quantitative estimate of drug-likeness (QED) is 0.554. The van der Waals surface area contributed by atoms with Crippen LogP contribution in [0.3, 0.4) is 0 Å². The molecule has 134 valence electrons. The van der Waals surface area contributed by atoms with Crippen molar-refractivity contribution in [3.63, 3.8) is 0 Å². The first-order valence-electron chi connectivity index (χ1n) is 7.56. The van der Waals surface area contributed by atoms with Gasteiger partial charge in [0.2, 0.25) is 15.9 Å². The second-order valence-electron chi connectivity index (χ2n) is 5.29. The lowest BCUT2D eigenvalue weighted by atomic mass is 10.2. The Morgan fingerprint density at radius 2 is 2.12 bits per heavy atom. The number of carbonyl (C=O) groups is 3. The molecule has 0 atom stereocenters. The van der Waals surface area contributed by atoms with Gasteiger partial charge in [0.05, 0.1) is 10.5 Å². The van der Waals surface area contributed by atoms with E-state index in [0.29, 0.717) is 19.4 Å². The zero-order chi connectivity index (χ0) is 18.4. The molecule has 0 aromatic heterocycles. The first kappa shape index (κ1) is 18.8. The highest BCUT2D eigenvalue weighted by Crippen LogP contribution is 2.13. The van der Waals surface area contributed by atoms with E-state index in [1.807, 2.05) is 0 Å². The van der Waals surface area contributed by atoms with Crippen molar-refractivity contribution in [1.29, 1.82) is 0 Å². The van der Waals surface area contributed by atoms with Crippen molar-refractivity contribution in [3.8, 4) is 0 Å². The van der Waals surface area contributed by atoms with Crippen LogP contribution in [0.15, 0.2) is 41.8 Å². The molecule has 2 rings (SSSR count). The van der Waals surface area contributed by atoms with Crippen LogP contribution in [0, 0.1) is 0 Å². The predicted molar refractivity (Wildman–Crippen MR) is 88.1 cm³/mol. The van der Waals surface area contributed by atoms with Gasteiger partial charge in [-0.2, -0.15) is 0 Å². The van der Waals surface area contributed by atoms with Crippen molar-refractivity contribution < 1.29 is 27.5 Å². The molecule has 1 aromatic carbocycles. The van der Waals surface area contributed by atoms with Gasteiger partial charge >= 0.3 is 5.97 Å². The third-order valence-electron chi connectivity index (χ3n) is 3.50. The average Bonchev–Trinajstić information content (AvgIpc) is 3.04. The average molecular weight is 366 g/mol. The van der Waals surface area contributed by atoms with Gasteiger partial charge in [0.15, 0.2) is 6.61 Å². The summed E-state index contributed by atoms with van der Waals surface area (Å²) in [6.07, 6.45) is 2.29. The fourth-order valence-electron chi connectivity index (χ4n) is 2.24. The first-order chi connectivity index (χ1) is 11.8. The third kappa shape index (κ3) is 4.74. The maximum atomic E-state index is 12.0. The lowest BCUT2D eigenvalue weighted by Crippen LogP contribution is -2.35. The number of imide groups is 1. The van der Waals surface area contributed by atoms with Crippen molar-refractivity contribution in [3.05, 3.63) is 42.5 Å². The molecule has 9 heteroatoms. The van der Waals surface area contributed by atoms with Crippen LogP contribution in [-0.2, 0) is 24.3 Å². The molecule has 1 saturated heterocycles. The molecule has 8 nitrogen and oxygen atoms in total. The molecule has 1 aliphatic heterocycles. The summed E-state index contributed by atoms with van der Waals surface area (Å²) in [6.45, 7) is 3.22. The normalized spacial score (nSPS) is 14.4. The lowest BCUT2D eigenvalue weighted by Gasteiger charge is -2.13. The number of carbonyl (C=O) groups excluding carboxylic acids is 3. The van der Waals surface area contributed by atoms with E-state index < -0.39 is 28.5 Å². The van der Waals surface area contributed by atoms with Gasteiger partial charge in [-0.15, -0.1) is 6.58 Å². The second-order valence-corrected chi connectivity index (χ2v) is 7.05. The molecule has 1 aliphatic rings. The molecule has 1 fully saturated rings. The number of sulfonamides is 1. The van der Waals surface area contributed by atoms with Crippen LogP contribution in [0.4, 0.5) is 0 Å². The summed E-state index contributed by atoms with van der Waals surface area (Å²) in [4.78, 5) is 36.3. The summed E-state index contributed by atoms with van der Waals surface area (Å²) in [5.41, 5.74) is -0.0120. The van der Waals surface area contributed by atoms with Crippen molar-refractivity contribution in [2.45, 2.75) is 17.7 Å². The summed E-state index contributed by atoms with van der Waals surface area (Å²) < 4.78 is 31.2. The van der Waals surface area contributed by atoms with Crippen LogP contribution in [-0.4, -0.2) is 50.8 Å². The molecule has 0 unspecified atom stereocenters. The molecular weight excluding hydrogens is 348 g/mol. The molecule has 1 N–H and O–H groups in total.